The van der Waals surface area contributed by atoms with Gasteiger partial charge < -0.3 is 9.84 Å². The summed E-state index contributed by atoms with van der Waals surface area (Å²) in [5, 5.41) is 11.2. The number of benzene rings is 2. The van der Waals surface area contributed by atoms with Gasteiger partial charge in [0.15, 0.2) is 0 Å². The fraction of sp³-hybridized carbons (Fsp3) is 0.629. The van der Waals surface area contributed by atoms with Crippen molar-refractivity contribution in [2.45, 2.75) is 145 Å². The second kappa shape index (κ2) is 13.8. The SMILES string of the molecule is CC(C)(Sc1cc(C(C)(C)C)c(O)c(C(C)(C)C)c1)Sc1ccc(C(C)(C)C)c(OC(=O)CCCOS(=O)(=O)O)c1C(C)(C)C. The maximum atomic E-state index is 13.1. The zero-order chi connectivity index (χ0) is 35.0. The van der Waals surface area contributed by atoms with E-state index in [0.29, 0.717) is 11.5 Å². The van der Waals surface area contributed by atoms with E-state index >= 15 is 0 Å². The number of carbonyl (C=O) groups is 1. The minimum absolute atomic E-state index is 0.0749. The number of hydrogen-bond acceptors (Lipinski definition) is 8. The van der Waals surface area contributed by atoms with Crippen LogP contribution in [0.2, 0.25) is 0 Å². The van der Waals surface area contributed by atoms with Crippen molar-refractivity contribution in [2.75, 3.05) is 6.61 Å². The highest BCUT2D eigenvalue weighted by atomic mass is 32.3. The van der Waals surface area contributed by atoms with Gasteiger partial charge in [0.1, 0.15) is 11.5 Å². The van der Waals surface area contributed by atoms with Crippen molar-refractivity contribution in [3.05, 3.63) is 46.5 Å². The molecular formula is C35H54O7S3. The topological polar surface area (TPSA) is 110 Å². The van der Waals surface area contributed by atoms with Gasteiger partial charge in [-0.15, -0.1) is 23.5 Å². The summed E-state index contributed by atoms with van der Waals surface area (Å²) in [6.45, 7) is 29.2. The minimum atomic E-state index is -4.57. The van der Waals surface area contributed by atoms with E-state index in [1.54, 1.807) is 23.5 Å². The summed E-state index contributed by atoms with van der Waals surface area (Å²) in [4.78, 5) is 15.1. The molecule has 0 radical (unpaired) electrons. The number of phenols is 1. The zero-order valence-electron chi connectivity index (χ0n) is 29.6. The minimum Gasteiger partial charge on any atom is -0.507 e. The lowest BCUT2D eigenvalue weighted by Crippen LogP contribution is -2.23. The first-order valence-corrected chi connectivity index (χ1v) is 18.3. The molecule has 2 rings (SSSR count). The third-order valence-electron chi connectivity index (χ3n) is 7.07. The van der Waals surface area contributed by atoms with E-state index in [1.165, 1.54) is 0 Å². The number of phenolic OH excluding ortho intramolecular Hbond substituents is 1. The van der Waals surface area contributed by atoms with Crippen LogP contribution in [0.5, 0.6) is 11.5 Å². The van der Waals surface area contributed by atoms with Crippen LogP contribution in [0, 0.1) is 0 Å². The lowest BCUT2D eigenvalue weighted by molar-refractivity contribution is -0.134. The van der Waals surface area contributed by atoms with Crippen molar-refractivity contribution < 1.29 is 31.8 Å². The van der Waals surface area contributed by atoms with Gasteiger partial charge in [0.2, 0.25) is 0 Å². The molecule has 0 unspecified atom stereocenters. The molecule has 10 heteroatoms. The molecule has 45 heavy (non-hydrogen) atoms. The molecule has 7 nitrogen and oxygen atoms in total. The van der Waals surface area contributed by atoms with E-state index in [1.807, 2.05) is 6.07 Å². The molecule has 0 aliphatic rings. The van der Waals surface area contributed by atoms with E-state index < -0.39 is 16.4 Å². The molecule has 2 aromatic carbocycles. The van der Waals surface area contributed by atoms with Gasteiger partial charge >= 0.3 is 16.4 Å². The fourth-order valence-corrected chi connectivity index (χ4v) is 8.12. The van der Waals surface area contributed by atoms with Crippen molar-refractivity contribution in [3.8, 4) is 11.5 Å². The highest BCUT2D eigenvalue weighted by molar-refractivity contribution is 8.18. The van der Waals surface area contributed by atoms with Crippen LogP contribution < -0.4 is 4.74 Å². The quantitative estimate of drug-likeness (QED) is 0.0632. The summed E-state index contributed by atoms with van der Waals surface area (Å²) < 4.78 is 40.7. The molecule has 0 saturated heterocycles. The van der Waals surface area contributed by atoms with Gasteiger partial charge in [-0.2, -0.15) is 8.42 Å². The highest BCUT2D eigenvalue weighted by Crippen LogP contribution is 2.53. The molecule has 0 amide bonds. The first-order valence-electron chi connectivity index (χ1n) is 15.3. The van der Waals surface area contributed by atoms with E-state index in [9.17, 15) is 18.3 Å². The van der Waals surface area contributed by atoms with Crippen LogP contribution in [-0.2, 0) is 41.0 Å². The summed E-state index contributed by atoms with van der Waals surface area (Å²) in [5.74, 6) is 0.374. The molecular weight excluding hydrogens is 629 g/mol. The number of thioether (sulfide) groups is 2. The molecule has 0 fully saturated rings. The summed E-state index contributed by atoms with van der Waals surface area (Å²) in [6.07, 6.45) is 0.000644. The zero-order valence-corrected chi connectivity index (χ0v) is 32.0. The molecule has 0 heterocycles. The van der Waals surface area contributed by atoms with Crippen molar-refractivity contribution in [1.29, 1.82) is 0 Å². The van der Waals surface area contributed by atoms with E-state index in [0.717, 1.165) is 32.0 Å². The van der Waals surface area contributed by atoms with Crippen LogP contribution in [0.15, 0.2) is 34.1 Å². The molecule has 0 aromatic heterocycles. The molecule has 2 N–H and O–H groups in total. The van der Waals surface area contributed by atoms with Crippen LogP contribution in [0.4, 0.5) is 0 Å². The Hall–Kier alpha value is -1.72. The molecule has 0 saturated carbocycles. The number of ether oxygens (including phenoxy) is 1. The maximum absolute atomic E-state index is 13.1. The summed E-state index contributed by atoms with van der Waals surface area (Å²) in [7, 11) is -4.57. The predicted octanol–water partition coefficient (Wildman–Crippen LogP) is 9.71. The van der Waals surface area contributed by atoms with E-state index in [-0.39, 0.29) is 45.2 Å². The second-order valence-corrected chi connectivity index (χ2v) is 20.8. The Morgan fingerprint density at radius 1 is 0.756 bits per heavy atom. The van der Waals surface area contributed by atoms with Gasteiger partial charge in [-0.05, 0) is 60.1 Å². The third kappa shape index (κ3) is 11.5. The Kier molecular flexibility index (Phi) is 12.1. The lowest BCUT2D eigenvalue weighted by atomic mass is 9.79. The van der Waals surface area contributed by atoms with Crippen molar-refractivity contribution in [2.24, 2.45) is 0 Å². The van der Waals surface area contributed by atoms with Crippen molar-refractivity contribution in [1.82, 2.24) is 0 Å². The smallest absolute Gasteiger partial charge is 0.397 e. The fourth-order valence-electron chi connectivity index (χ4n) is 4.98. The second-order valence-electron chi connectivity index (χ2n) is 16.1. The monoisotopic (exact) mass is 682 g/mol. The van der Waals surface area contributed by atoms with Crippen LogP contribution >= 0.6 is 23.5 Å². The van der Waals surface area contributed by atoms with E-state index in [2.05, 4.69) is 119 Å². The molecule has 2 aromatic rings. The largest absolute Gasteiger partial charge is 0.507 e. The Morgan fingerprint density at radius 2 is 1.24 bits per heavy atom. The van der Waals surface area contributed by atoms with Gasteiger partial charge in [-0.25, -0.2) is 4.18 Å². The van der Waals surface area contributed by atoms with Gasteiger partial charge in [-0.3, -0.25) is 9.35 Å². The Balaban J connectivity index is 2.59. The Labute approximate surface area is 280 Å². The number of carbonyl (C=O) groups excluding carboxylic acids is 1. The van der Waals surface area contributed by atoms with Crippen molar-refractivity contribution in [3.63, 3.8) is 0 Å². The molecule has 254 valence electrons. The summed E-state index contributed by atoms with van der Waals surface area (Å²) >= 11 is 3.44. The maximum Gasteiger partial charge on any atom is 0.397 e. The average Bonchev–Trinajstić information content (AvgIpc) is 2.78. The third-order valence-corrected chi connectivity index (χ3v) is 10.0. The molecule has 0 spiro atoms. The van der Waals surface area contributed by atoms with Crippen LogP contribution in [0.3, 0.4) is 0 Å². The Bertz CT molecular complexity index is 1450. The predicted molar refractivity (Wildman–Crippen MR) is 188 cm³/mol. The average molecular weight is 683 g/mol. The molecule has 0 atom stereocenters. The molecule has 0 aliphatic carbocycles. The molecule has 0 aliphatic heterocycles. The standard InChI is InChI=1S/C35H54O7S3/c1-31(2,3)23-17-18-26(28(34(10,11)12)30(23)42-27(36)16-15-19-41-45(38,39)40)44-35(13,14)43-22-20-24(32(4,5)6)29(37)25(21-22)33(7,8)9/h17-18,20-21,37H,15-16,19H2,1-14H3,(H,38,39,40). The van der Waals surface area contributed by atoms with Gasteiger partial charge in [-0.1, -0.05) is 89.2 Å². The van der Waals surface area contributed by atoms with Gasteiger partial charge in [0.25, 0.3) is 0 Å². The van der Waals surface area contributed by atoms with Crippen molar-refractivity contribution >= 4 is 39.9 Å². The van der Waals surface area contributed by atoms with Crippen LogP contribution in [0.1, 0.15) is 132 Å². The normalized spacial score (nSPS) is 13.7. The van der Waals surface area contributed by atoms with E-state index in [4.69, 9.17) is 9.29 Å². The van der Waals surface area contributed by atoms with Gasteiger partial charge in [0.05, 0.1) is 10.7 Å². The summed E-state index contributed by atoms with van der Waals surface area (Å²) in [5.41, 5.74) is 2.47. The summed E-state index contributed by atoms with van der Waals surface area (Å²) in [6, 6.07) is 8.34. The van der Waals surface area contributed by atoms with Crippen LogP contribution in [0.25, 0.3) is 0 Å². The lowest BCUT2D eigenvalue weighted by Gasteiger charge is -2.34. The number of rotatable bonds is 10. The first-order chi connectivity index (χ1) is 20.0. The van der Waals surface area contributed by atoms with Crippen LogP contribution in [-0.4, -0.2) is 34.7 Å². The Morgan fingerprint density at radius 3 is 1.67 bits per heavy atom. The highest BCUT2D eigenvalue weighted by Gasteiger charge is 2.34. The number of hydrogen-bond donors (Lipinski definition) is 2. The van der Waals surface area contributed by atoms with Gasteiger partial charge in [0, 0.05) is 38.5 Å². The molecule has 0 bridgehead atoms. The number of esters is 1. The first kappa shape index (κ1) is 39.5. The number of aromatic hydroxyl groups is 1.